The molecule has 0 spiro atoms. The highest BCUT2D eigenvalue weighted by Gasteiger charge is 2.04. The molecule has 0 aromatic carbocycles. The van der Waals surface area contributed by atoms with E-state index in [1.54, 1.807) is 30.6 Å². The van der Waals surface area contributed by atoms with E-state index in [9.17, 15) is 0 Å². The van der Waals surface area contributed by atoms with E-state index in [1.165, 1.54) is 0 Å². The van der Waals surface area contributed by atoms with Crippen LogP contribution in [0.15, 0.2) is 30.6 Å². The maximum absolute atomic E-state index is 5.95. The van der Waals surface area contributed by atoms with E-state index in [0.717, 1.165) is 0 Å². The number of nitrogens with zero attached hydrogens (tertiary/aromatic N) is 2. The first-order valence-electron chi connectivity index (χ1n) is 3.93. The summed E-state index contributed by atoms with van der Waals surface area (Å²) in [6.45, 7) is 0. The molecule has 14 heavy (non-hydrogen) atoms. The normalized spacial score (nSPS) is 10.1. The van der Waals surface area contributed by atoms with Crippen molar-refractivity contribution in [2.24, 2.45) is 0 Å². The number of aromatic amines is 1. The first-order valence-corrected chi connectivity index (χ1v) is 4.72. The molecule has 2 rings (SSSR count). The Kier molecular flexibility index (Phi) is 2.56. The molecule has 0 aliphatic heterocycles. The van der Waals surface area contributed by atoms with Gasteiger partial charge in [-0.2, -0.15) is 0 Å². The van der Waals surface area contributed by atoms with Crippen LogP contribution >= 0.6 is 23.8 Å². The van der Waals surface area contributed by atoms with E-state index in [0.29, 0.717) is 21.2 Å². The zero-order valence-corrected chi connectivity index (χ0v) is 8.64. The predicted molar refractivity (Wildman–Crippen MR) is 57.7 cm³/mol. The van der Waals surface area contributed by atoms with Crippen LogP contribution in [-0.4, -0.2) is 15.0 Å². The highest BCUT2D eigenvalue weighted by molar-refractivity contribution is 7.71. The van der Waals surface area contributed by atoms with Crippen LogP contribution < -0.4 is 0 Å². The lowest BCUT2D eigenvalue weighted by molar-refractivity contribution is 1.13. The molecule has 0 unspecified atom stereocenters. The number of pyridine rings is 1. The van der Waals surface area contributed by atoms with Crippen LogP contribution in [0.4, 0.5) is 0 Å². The van der Waals surface area contributed by atoms with Gasteiger partial charge in [0.05, 0.1) is 5.02 Å². The van der Waals surface area contributed by atoms with Crippen LogP contribution in [0.2, 0.25) is 5.02 Å². The molecular weight excluding hydrogens is 218 g/mol. The standard InChI is InChI=1S/C9H6ClN3S/c10-6-2-1-4-11-8(6)9-12-5-3-7(14)13-9/h1-5H,(H,12,13,14). The molecule has 2 aromatic heterocycles. The summed E-state index contributed by atoms with van der Waals surface area (Å²) < 4.78 is 0.608. The summed E-state index contributed by atoms with van der Waals surface area (Å²) in [5.74, 6) is 0.586. The zero-order chi connectivity index (χ0) is 9.97. The summed E-state index contributed by atoms with van der Waals surface area (Å²) in [6, 6.07) is 5.23. The van der Waals surface area contributed by atoms with Crippen LogP contribution in [0.25, 0.3) is 11.5 Å². The maximum Gasteiger partial charge on any atom is 0.158 e. The average Bonchev–Trinajstić information content (AvgIpc) is 2.18. The van der Waals surface area contributed by atoms with Crippen molar-refractivity contribution >= 4 is 23.8 Å². The number of hydrogen-bond acceptors (Lipinski definition) is 3. The van der Waals surface area contributed by atoms with Gasteiger partial charge in [-0.15, -0.1) is 0 Å². The van der Waals surface area contributed by atoms with Crippen LogP contribution in [0.5, 0.6) is 0 Å². The highest BCUT2D eigenvalue weighted by Crippen LogP contribution is 2.20. The minimum Gasteiger partial charge on any atom is -0.329 e. The van der Waals surface area contributed by atoms with Crippen LogP contribution in [-0.2, 0) is 0 Å². The lowest BCUT2D eigenvalue weighted by Crippen LogP contribution is -1.91. The molecule has 2 aromatic rings. The molecule has 2 heterocycles. The Morgan fingerprint density at radius 3 is 2.79 bits per heavy atom. The Morgan fingerprint density at radius 2 is 2.07 bits per heavy atom. The molecule has 5 heteroatoms. The third kappa shape index (κ3) is 1.81. The van der Waals surface area contributed by atoms with Gasteiger partial charge in [0.25, 0.3) is 0 Å². The van der Waals surface area contributed by atoms with E-state index < -0.39 is 0 Å². The zero-order valence-electron chi connectivity index (χ0n) is 7.07. The Labute approximate surface area is 90.8 Å². The lowest BCUT2D eigenvalue weighted by atomic mass is 10.3. The summed E-state index contributed by atoms with van der Waals surface area (Å²) >= 11 is 10.9. The Bertz CT molecular complexity index is 509. The predicted octanol–water partition coefficient (Wildman–Crippen LogP) is 2.85. The van der Waals surface area contributed by atoms with Crippen molar-refractivity contribution in [1.82, 2.24) is 15.0 Å². The number of H-pyrrole nitrogens is 1. The van der Waals surface area contributed by atoms with Gasteiger partial charge in [-0.3, -0.25) is 4.98 Å². The molecule has 70 valence electrons. The monoisotopic (exact) mass is 223 g/mol. The first-order chi connectivity index (χ1) is 6.77. The molecule has 0 bridgehead atoms. The van der Waals surface area contributed by atoms with Crippen molar-refractivity contribution in [1.29, 1.82) is 0 Å². The van der Waals surface area contributed by atoms with Gasteiger partial charge in [0.1, 0.15) is 10.3 Å². The fourth-order valence-corrected chi connectivity index (χ4v) is 1.42. The van der Waals surface area contributed by atoms with Crippen LogP contribution in [0.3, 0.4) is 0 Å². The van der Waals surface area contributed by atoms with Gasteiger partial charge in [0.2, 0.25) is 0 Å². The minimum atomic E-state index is 0.553. The van der Waals surface area contributed by atoms with Crippen LogP contribution in [0, 0.1) is 4.64 Å². The molecule has 0 radical (unpaired) electrons. The number of hydrogen-bond donors (Lipinski definition) is 1. The lowest BCUT2D eigenvalue weighted by Gasteiger charge is -2.00. The molecule has 0 saturated heterocycles. The fraction of sp³-hybridized carbons (Fsp3) is 0. The smallest absolute Gasteiger partial charge is 0.158 e. The third-order valence-electron chi connectivity index (χ3n) is 1.65. The summed E-state index contributed by atoms with van der Waals surface area (Å²) in [5, 5.41) is 0.553. The fourth-order valence-electron chi connectivity index (χ4n) is 1.05. The van der Waals surface area contributed by atoms with Crippen molar-refractivity contribution in [2.75, 3.05) is 0 Å². The number of rotatable bonds is 1. The second-order valence-electron chi connectivity index (χ2n) is 2.62. The number of aromatic nitrogens is 3. The summed E-state index contributed by atoms with van der Waals surface area (Å²) in [7, 11) is 0. The molecule has 0 fully saturated rings. The van der Waals surface area contributed by atoms with E-state index >= 15 is 0 Å². The maximum atomic E-state index is 5.95. The Morgan fingerprint density at radius 1 is 1.21 bits per heavy atom. The number of halogens is 1. The molecule has 1 N–H and O–H groups in total. The molecule has 0 aliphatic rings. The van der Waals surface area contributed by atoms with Crippen molar-refractivity contribution < 1.29 is 0 Å². The minimum absolute atomic E-state index is 0.553. The van der Waals surface area contributed by atoms with Gasteiger partial charge >= 0.3 is 0 Å². The van der Waals surface area contributed by atoms with Crippen molar-refractivity contribution in [3.05, 3.63) is 40.3 Å². The number of nitrogens with one attached hydrogen (secondary N) is 1. The third-order valence-corrected chi connectivity index (χ3v) is 2.20. The van der Waals surface area contributed by atoms with E-state index in [4.69, 9.17) is 23.8 Å². The van der Waals surface area contributed by atoms with Gasteiger partial charge in [-0.25, -0.2) is 4.98 Å². The quantitative estimate of drug-likeness (QED) is 0.756. The van der Waals surface area contributed by atoms with Gasteiger partial charge in [-0.1, -0.05) is 23.8 Å². The van der Waals surface area contributed by atoms with E-state index in [1.807, 2.05) is 0 Å². The molecule has 3 nitrogen and oxygen atoms in total. The van der Waals surface area contributed by atoms with Crippen molar-refractivity contribution in [3.63, 3.8) is 0 Å². The van der Waals surface area contributed by atoms with Crippen LogP contribution in [0.1, 0.15) is 0 Å². The van der Waals surface area contributed by atoms with Gasteiger partial charge < -0.3 is 4.98 Å². The van der Waals surface area contributed by atoms with Gasteiger partial charge in [-0.05, 0) is 18.2 Å². The topological polar surface area (TPSA) is 41.6 Å². The van der Waals surface area contributed by atoms with Crippen molar-refractivity contribution in [2.45, 2.75) is 0 Å². The average molecular weight is 224 g/mol. The molecule has 0 aliphatic carbocycles. The summed E-state index contributed by atoms with van der Waals surface area (Å²) in [5.41, 5.74) is 0.612. The van der Waals surface area contributed by atoms with E-state index in [-0.39, 0.29) is 0 Å². The van der Waals surface area contributed by atoms with Crippen molar-refractivity contribution in [3.8, 4) is 11.5 Å². The van der Waals surface area contributed by atoms with Gasteiger partial charge in [0, 0.05) is 12.4 Å². The summed E-state index contributed by atoms with van der Waals surface area (Å²) in [6.07, 6.45) is 3.28. The molecular formula is C9H6ClN3S. The summed E-state index contributed by atoms with van der Waals surface area (Å²) in [4.78, 5) is 11.1. The Balaban J connectivity index is 2.61. The SMILES string of the molecule is S=c1ccnc(-c2ncccc2Cl)[nH]1. The van der Waals surface area contributed by atoms with Gasteiger partial charge in [0.15, 0.2) is 5.82 Å². The molecule has 0 amide bonds. The van der Waals surface area contributed by atoms with E-state index in [2.05, 4.69) is 15.0 Å². The largest absolute Gasteiger partial charge is 0.329 e. The Hall–Kier alpha value is -1.26. The first kappa shape index (κ1) is 9.30. The highest BCUT2D eigenvalue weighted by atomic mass is 35.5. The second-order valence-corrected chi connectivity index (χ2v) is 3.46. The molecule has 0 saturated carbocycles. The molecule has 0 atom stereocenters. The second kappa shape index (κ2) is 3.86.